The first-order valence-corrected chi connectivity index (χ1v) is 4.45. The van der Waals surface area contributed by atoms with E-state index in [1.807, 2.05) is 0 Å². The fourth-order valence-electron chi connectivity index (χ4n) is 0.981. The van der Waals surface area contributed by atoms with E-state index in [-0.39, 0.29) is 5.69 Å². The van der Waals surface area contributed by atoms with Crippen molar-refractivity contribution in [3.05, 3.63) is 18.0 Å². The fraction of sp³-hybridized carbons (Fsp3) is 0.167. The first-order chi connectivity index (χ1) is 6.09. The predicted octanol–water partition coefficient (Wildman–Crippen LogP) is 2.13. The second-order valence-electron chi connectivity index (χ2n) is 2.37. The molecular formula is C6H3Cl3N4. The monoisotopic (exact) mass is 236 g/mol. The van der Waals surface area contributed by atoms with Gasteiger partial charge in [-0.25, -0.2) is 0 Å². The van der Waals surface area contributed by atoms with Gasteiger partial charge in [0.1, 0.15) is 11.4 Å². The van der Waals surface area contributed by atoms with Crippen LogP contribution in [0.1, 0.15) is 5.69 Å². The summed E-state index contributed by atoms with van der Waals surface area (Å²) < 4.78 is -1.60. The predicted molar refractivity (Wildman–Crippen MR) is 50.0 cm³/mol. The quantitative estimate of drug-likeness (QED) is 0.714. The minimum Gasteiger partial charge on any atom is -0.257 e. The molecule has 0 spiro atoms. The molecule has 0 aromatic heterocycles. The first-order valence-electron chi connectivity index (χ1n) is 3.32. The number of halogens is 3. The fourth-order valence-corrected chi connectivity index (χ4v) is 1.36. The van der Waals surface area contributed by atoms with E-state index < -0.39 is 3.79 Å². The molecule has 0 fully saturated rings. The lowest BCUT2D eigenvalue weighted by Crippen LogP contribution is -2.09. The minimum absolute atomic E-state index is 0.233. The van der Waals surface area contributed by atoms with E-state index in [2.05, 4.69) is 20.4 Å². The highest BCUT2D eigenvalue weighted by Crippen LogP contribution is 2.40. The smallest absolute Gasteiger partial charge is 0.236 e. The summed E-state index contributed by atoms with van der Waals surface area (Å²) >= 11 is 17.0. The molecule has 0 aromatic carbocycles. The van der Waals surface area contributed by atoms with E-state index in [4.69, 9.17) is 34.8 Å². The molecule has 0 atom stereocenters. The van der Waals surface area contributed by atoms with Crippen LogP contribution >= 0.6 is 34.8 Å². The van der Waals surface area contributed by atoms with Crippen LogP contribution in [0.4, 0.5) is 0 Å². The van der Waals surface area contributed by atoms with Crippen LogP contribution in [0, 0.1) is 0 Å². The summed E-state index contributed by atoms with van der Waals surface area (Å²) in [6.45, 7) is 0. The lowest BCUT2D eigenvalue weighted by Gasteiger charge is -2.11. The Balaban J connectivity index is 2.65. The van der Waals surface area contributed by atoms with Crippen molar-refractivity contribution in [1.29, 1.82) is 0 Å². The Morgan fingerprint density at radius 3 is 2.77 bits per heavy atom. The number of hydrogen-bond acceptors (Lipinski definition) is 3. The van der Waals surface area contributed by atoms with E-state index >= 15 is 0 Å². The zero-order chi connectivity index (χ0) is 9.47. The number of alkyl halides is 3. The number of rotatable bonds is 0. The van der Waals surface area contributed by atoms with Crippen molar-refractivity contribution in [3.63, 3.8) is 0 Å². The molecule has 0 radical (unpaired) electrons. The summed E-state index contributed by atoms with van der Waals surface area (Å²) in [5.41, 5.74) is 1.45. The molecule has 4 nitrogen and oxygen atoms in total. The molecule has 68 valence electrons. The molecule has 2 heterocycles. The lowest BCUT2D eigenvalue weighted by molar-refractivity contribution is 0.819. The van der Waals surface area contributed by atoms with Gasteiger partial charge < -0.3 is 0 Å². The molecule has 7 heteroatoms. The van der Waals surface area contributed by atoms with E-state index in [1.165, 1.54) is 0 Å². The van der Waals surface area contributed by atoms with Crippen molar-refractivity contribution < 1.29 is 0 Å². The van der Waals surface area contributed by atoms with Crippen LogP contribution in [0.5, 0.6) is 0 Å². The van der Waals surface area contributed by atoms with Gasteiger partial charge in [0.05, 0.1) is 5.69 Å². The number of hydrogen-bond donors (Lipinski definition) is 1. The molecule has 0 saturated carbocycles. The van der Waals surface area contributed by atoms with Crippen molar-refractivity contribution in [2.45, 2.75) is 3.79 Å². The Morgan fingerprint density at radius 2 is 2.08 bits per heavy atom. The van der Waals surface area contributed by atoms with Crippen molar-refractivity contribution in [3.8, 4) is 11.4 Å². The van der Waals surface area contributed by atoms with Gasteiger partial charge >= 0.3 is 0 Å². The topological polar surface area (TPSA) is 54.5 Å². The van der Waals surface area contributed by atoms with Gasteiger partial charge in [0.25, 0.3) is 0 Å². The normalized spacial score (nSPS) is 12.2. The molecule has 2 rings (SSSR count). The van der Waals surface area contributed by atoms with Crippen molar-refractivity contribution in [2.75, 3.05) is 0 Å². The van der Waals surface area contributed by atoms with Crippen LogP contribution in [0.15, 0.2) is 12.3 Å². The second kappa shape index (κ2) is 2.97. The van der Waals surface area contributed by atoms with Gasteiger partial charge in [0, 0.05) is 6.20 Å². The SMILES string of the molecule is ClC(Cl)(Cl)c1nn[nH]c2ccnc1-2. The third-order valence-corrected chi connectivity index (χ3v) is 2.05. The highest BCUT2D eigenvalue weighted by Gasteiger charge is 2.31. The number of nitrogens with zero attached hydrogens (tertiary/aromatic N) is 3. The van der Waals surface area contributed by atoms with Crippen LogP contribution in [0.2, 0.25) is 0 Å². The molecule has 0 aliphatic carbocycles. The van der Waals surface area contributed by atoms with E-state index in [0.29, 0.717) is 11.4 Å². The van der Waals surface area contributed by atoms with E-state index in [1.54, 1.807) is 12.3 Å². The number of H-pyrrole nitrogens is 1. The van der Waals surface area contributed by atoms with Gasteiger partial charge in [0.15, 0.2) is 0 Å². The molecule has 13 heavy (non-hydrogen) atoms. The Bertz CT molecular complexity index is 393. The van der Waals surface area contributed by atoms with Gasteiger partial charge in [-0.3, -0.25) is 10.1 Å². The van der Waals surface area contributed by atoms with E-state index in [0.717, 1.165) is 0 Å². The summed E-state index contributed by atoms with van der Waals surface area (Å²) in [4.78, 5) is 4.00. The van der Waals surface area contributed by atoms with Crippen molar-refractivity contribution in [2.24, 2.45) is 0 Å². The average Bonchev–Trinajstić information content (AvgIpc) is 2.48. The number of fused-ring (bicyclic) bond motifs is 1. The zero-order valence-corrected chi connectivity index (χ0v) is 8.40. The number of nitrogens with one attached hydrogen (secondary N) is 1. The Kier molecular flexibility index (Phi) is 2.06. The molecular weight excluding hydrogens is 234 g/mol. The van der Waals surface area contributed by atoms with Gasteiger partial charge in [-0.1, -0.05) is 40.0 Å². The van der Waals surface area contributed by atoms with Crippen LogP contribution in [-0.4, -0.2) is 20.4 Å². The maximum absolute atomic E-state index is 5.67. The molecule has 1 N–H and O–H groups in total. The van der Waals surface area contributed by atoms with Crippen molar-refractivity contribution >= 4 is 34.8 Å². The van der Waals surface area contributed by atoms with Crippen LogP contribution in [0.25, 0.3) is 11.4 Å². The summed E-state index contributed by atoms with van der Waals surface area (Å²) in [6, 6.07) is 1.73. The third-order valence-electron chi connectivity index (χ3n) is 1.51. The minimum atomic E-state index is -1.60. The Hall–Kier alpha value is -0.580. The number of aromatic amines is 1. The maximum Gasteiger partial charge on any atom is 0.236 e. The van der Waals surface area contributed by atoms with Crippen LogP contribution in [0.3, 0.4) is 0 Å². The summed E-state index contributed by atoms with van der Waals surface area (Å²) in [7, 11) is 0. The summed E-state index contributed by atoms with van der Waals surface area (Å²) in [6.07, 6.45) is 1.59. The molecule has 2 aliphatic rings. The number of aromatic nitrogens is 4. The second-order valence-corrected chi connectivity index (χ2v) is 4.65. The van der Waals surface area contributed by atoms with Crippen LogP contribution < -0.4 is 0 Å². The Morgan fingerprint density at radius 1 is 1.31 bits per heavy atom. The molecule has 0 bridgehead atoms. The average molecular weight is 237 g/mol. The molecule has 0 aromatic rings. The van der Waals surface area contributed by atoms with E-state index in [9.17, 15) is 0 Å². The Labute approximate surface area is 88.5 Å². The first kappa shape index (κ1) is 8.99. The molecule has 0 saturated heterocycles. The highest BCUT2D eigenvalue weighted by molar-refractivity contribution is 6.66. The summed E-state index contributed by atoms with van der Waals surface area (Å²) in [5.74, 6) is 0. The third kappa shape index (κ3) is 1.57. The van der Waals surface area contributed by atoms with Crippen LogP contribution in [-0.2, 0) is 3.79 Å². The van der Waals surface area contributed by atoms with Crippen molar-refractivity contribution in [1.82, 2.24) is 20.4 Å². The molecule has 0 amide bonds. The van der Waals surface area contributed by atoms with Gasteiger partial charge in [-0.15, -0.1) is 5.10 Å². The molecule has 0 unspecified atom stereocenters. The standard InChI is InChI=1S/C6H3Cl3N4/c7-6(8,9)5-4-3(1-2-10-4)11-13-12-5/h1-2H,(H,11,12). The lowest BCUT2D eigenvalue weighted by atomic mass is 10.3. The van der Waals surface area contributed by atoms with Gasteiger partial charge in [0.2, 0.25) is 3.79 Å². The maximum atomic E-state index is 5.67. The zero-order valence-electron chi connectivity index (χ0n) is 6.13. The largest absolute Gasteiger partial charge is 0.257 e. The molecule has 2 aliphatic heterocycles. The van der Waals surface area contributed by atoms with Gasteiger partial charge in [-0.2, -0.15) is 0 Å². The highest BCUT2D eigenvalue weighted by atomic mass is 35.6. The van der Waals surface area contributed by atoms with Gasteiger partial charge in [-0.05, 0) is 6.07 Å². The summed E-state index contributed by atoms with van der Waals surface area (Å²) in [5, 5.41) is 9.91.